The molecule has 0 atom stereocenters. The molecule has 0 aromatic carbocycles. The van der Waals surface area contributed by atoms with Crippen molar-refractivity contribution in [1.29, 1.82) is 0 Å². The summed E-state index contributed by atoms with van der Waals surface area (Å²) >= 11 is 0. The number of nitrogens with one attached hydrogen (secondary N) is 1. The summed E-state index contributed by atoms with van der Waals surface area (Å²) < 4.78 is 10.7. The first-order chi connectivity index (χ1) is 12.3. The fraction of sp³-hybridized carbons (Fsp3) is 0.444. The summed E-state index contributed by atoms with van der Waals surface area (Å²) in [7, 11) is 0. The molecule has 1 saturated heterocycles. The number of morpholine rings is 1. The van der Waals surface area contributed by atoms with Gasteiger partial charge in [0.15, 0.2) is 0 Å². The second-order valence-electron chi connectivity index (χ2n) is 6.37. The lowest BCUT2D eigenvalue weighted by molar-refractivity contribution is 0.122. The maximum Gasteiger partial charge on any atom is 0.322 e. The number of anilines is 2. The number of hydrogen-bond acceptors (Lipinski definition) is 5. The van der Waals surface area contributed by atoms with Crippen molar-refractivity contribution < 1.29 is 13.9 Å². The summed E-state index contributed by atoms with van der Waals surface area (Å²) in [6, 6.07) is 7.75. The molecule has 132 valence electrons. The van der Waals surface area contributed by atoms with Crippen molar-refractivity contribution in [2.45, 2.75) is 25.4 Å². The van der Waals surface area contributed by atoms with Crippen LogP contribution in [0.3, 0.4) is 0 Å². The highest BCUT2D eigenvalue weighted by atomic mass is 16.5. The summed E-state index contributed by atoms with van der Waals surface area (Å²) in [5, 5.41) is 2.95. The highest BCUT2D eigenvalue weighted by molar-refractivity contribution is 5.89. The second-order valence-corrected chi connectivity index (χ2v) is 6.37. The minimum Gasteiger partial charge on any atom is -0.467 e. The number of rotatable bonds is 5. The van der Waals surface area contributed by atoms with Crippen LogP contribution in [0, 0.1) is 0 Å². The van der Waals surface area contributed by atoms with Gasteiger partial charge in [-0.05, 0) is 37.1 Å². The zero-order valence-corrected chi connectivity index (χ0v) is 14.1. The van der Waals surface area contributed by atoms with Crippen molar-refractivity contribution in [2.75, 3.05) is 36.5 Å². The molecule has 7 heteroatoms. The van der Waals surface area contributed by atoms with Gasteiger partial charge >= 0.3 is 6.03 Å². The van der Waals surface area contributed by atoms with E-state index in [4.69, 9.17) is 9.15 Å². The van der Waals surface area contributed by atoms with Crippen molar-refractivity contribution in [3.8, 4) is 0 Å². The molecule has 0 unspecified atom stereocenters. The standard InChI is InChI=1S/C18H22N4O3/c23-18(22(15-4-5-15)13-16-2-1-9-25-16)20-14-3-6-17(19-12-14)21-7-10-24-11-8-21/h1-3,6,9,12,15H,4-5,7-8,10-11,13H2,(H,20,23). The van der Waals surface area contributed by atoms with E-state index in [1.165, 1.54) is 0 Å². The molecule has 0 radical (unpaired) electrons. The van der Waals surface area contributed by atoms with E-state index < -0.39 is 0 Å². The van der Waals surface area contributed by atoms with Crippen LogP contribution < -0.4 is 10.2 Å². The zero-order valence-electron chi connectivity index (χ0n) is 14.1. The molecule has 1 aliphatic heterocycles. The third-order valence-electron chi connectivity index (χ3n) is 4.49. The summed E-state index contributed by atoms with van der Waals surface area (Å²) in [6.07, 6.45) is 5.43. The largest absolute Gasteiger partial charge is 0.467 e. The van der Waals surface area contributed by atoms with Crippen LogP contribution in [0.4, 0.5) is 16.3 Å². The minimum absolute atomic E-state index is 0.111. The van der Waals surface area contributed by atoms with Crippen LogP contribution in [0.5, 0.6) is 0 Å². The third kappa shape index (κ3) is 3.93. The summed E-state index contributed by atoms with van der Waals surface area (Å²) in [5.41, 5.74) is 0.701. The zero-order chi connectivity index (χ0) is 17.1. The minimum atomic E-state index is -0.111. The number of carbonyl (C=O) groups excluding carboxylic acids is 1. The lowest BCUT2D eigenvalue weighted by Gasteiger charge is -2.28. The lowest BCUT2D eigenvalue weighted by atomic mass is 10.3. The number of nitrogens with zero attached hydrogens (tertiary/aromatic N) is 3. The molecule has 3 heterocycles. The molecule has 2 aromatic rings. The van der Waals surface area contributed by atoms with Crippen molar-refractivity contribution in [3.05, 3.63) is 42.5 Å². The van der Waals surface area contributed by atoms with Crippen LogP contribution in [0.2, 0.25) is 0 Å². The van der Waals surface area contributed by atoms with E-state index in [0.717, 1.165) is 50.7 Å². The van der Waals surface area contributed by atoms with Crippen molar-refractivity contribution in [1.82, 2.24) is 9.88 Å². The van der Waals surface area contributed by atoms with Crippen LogP contribution >= 0.6 is 0 Å². The van der Waals surface area contributed by atoms with Gasteiger partial charge in [0, 0.05) is 19.1 Å². The Kier molecular flexibility index (Phi) is 4.56. The second kappa shape index (κ2) is 7.14. The van der Waals surface area contributed by atoms with Gasteiger partial charge in [-0.3, -0.25) is 0 Å². The Bertz CT molecular complexity index is 692. The highest BCUT2D eigenvalue weighted by Crippen LogP contribution is 2.29. The van der Waals surface area contributed by atoms with Crippen molar-refractivity contribution in [2.24, 2.45) is 0 Å². The molecule has 2 aliphatic rings. The number of furan rings is 1. The molecule has 0 bridgehead atoms. The number of urea groups is 1. The fourth-order valence-electron chi connectivity index (χ4n) is 2.96. The number of aromatic nitrogens is 1. The quantitative estimate of drug-likeness (QED) is 0.905. The van der Waals surface area contributed by atoms with Gasteiger partial charge in [-0.25, -0.2) is 9.78 Å². The molecule has 2 amide bonds. The smallest absolute Gasteiger partial charge is 0.322 e. The monoisotopic (exact) mass is 342 g/mol. The average Bonchev–Trinajstić information content (AvgIpc) is 3.36. The summed E-state index contributed by atoms with van der Waals surface area (Å²) in [5.74, 6) is 1.71. The van der Waals surface area contributed by atoms with E-state index in [9.17, 15) is 4.79 Å². The predicted molar refractivity (Wildman–Crippen MR) is 93.6 cm³/mol. The van der Waals surface area contributed by atoms with Crippen LogP contribution in [-0.2, 0) is 11.3 Å². The molecule has 1 aliphatic carbocycles. The van der Waals surface area contributed by atoms with Crippen LogP contribution in [0.1, 0.15) is 18.6 Å². The topological polar surface area (TPSA) is 70.8 Å². The molecule has 0 spiro atoms. The Morgan fingerprint density at radius 1 is 1.28 bits per heavy atom. The maximum absolute atomic E-state index is 12.6. The van der Waals surface area contributed by atoms with Crippen molar-refractivity contribution in [3.63, 3.8) is 0 Å². The van der Waals surface area contributed by atoms with Crippen LogP contribution in [0.15, 0.2) is 41.1 Å². The summed E-state index contributed by atoms with van der Waals surface area (Å²) in [6.45, 7) is 3.63. The van der Waals surface area contributed by atoms with Gasteiger partial charge in [0.05, 0.1) is 37.9 Å². The SMILES string of the molecule is O=C(Nc1ccc(N2CCOCC2)nc1)N(Cc1ccco1)C1CC1. The molecule has 2 aromatic heterocycles. The Morgan fingerprint density at radius 3 is 2.76 bits per heavy atom. The Balaban J connectivity index is 1.39. The molecule has 1 N–H and O–H groups in total. The van der Waals surface area contributed by atoms with E-state index >= 15 is 0 Å². The first-order valence-electron chi connectivity index (χ1n) is 8.68. The van der Waals surface area contributed by atoms with Gasteiger partial charge < -0.3 is 24.3 Å². The molecule has 4 rings (SSSR count). The predicted octanol–water partition coefficient (Wildman–Crippen LogP) is 2.71. The van der Waals surface area contributed by atoms with E-state index in [1.807, 2.05) is 29.2 Å². The Labute approximate surface area is 146 Å². The molecule has 1 saturated carbocycles. The Hall–Kier alpha value is -2.54. The number of amides is 2. The van der Waals surface area contributed by atoms with E-state index in [2.05, 4.69) is 15.2 Å². The number of hydrogen-bond donors (Lipinski definition) is 1. The molecule has 25 heavy (non-hydrogen) atoms. The van der Waals surface area contributed by atoms with E-state index in [1.54, 1.807) is 12.5 Å². The maximum atomic E-state index is 12.6. The first kappa shape index (κ1) is 16.0. The van der Waals surface area contributed by atoms with Gasteiger partial charge in [-0.1, -0.05) is 0 Å². The van der Waals surface area contributed by atoms with E-state index in [-0.39, 0.29) is 6.03 Å². The average molecular weight is 342 g/mol. The number of pyridine rings is 1. The fourth-order valence-corrected chi connectivity index (χ4v) is 2.96. The summed E-state index contributed by atoms with van der Waals surface area (Å²) in [4.78, 5) is 21.1. The molecular formula is C18H22N4O3. The van der Waals surface area contributed by atoms with Gasteiger partial charge in [-0.15, -0.1) is 0 Å². The van der Waals surface area contributed by atoms with E-state index in [0.29, 0.717) is 18.3 Å². The van der Waals surface area contributed by atoms with Gasteiger partial charge in [0.2, 0.25) is 0 Å². The van der Waals surface area contributed by atoms with Gasteiger partial charge in [0.1, 0.15) is 11.6 Å². The van der Waals surface area contributed by atoms with Crippen LogP contribution in [-0.4, -0.2) is 48.3 Å². The van der Waals surface area contributed by atoms with Crippen molar-refractivity contribution >= 4 is 17.5 Å². The third-order valence-corrected chi connectivity index (χ3v) is 4.49. The van der Waals surface area contributed by atoms with Crippen LogP contribution in [0.25, 0.3) is 0 Å². The number of carbonyl (C=O) groups is 1. The normalized spacial score (nSPS) is 17.4. The highest BCUT2D eigenvalue weighted by Gasteiger charge is 2.33. The molecular weight excluding hydrogens is 320 g/mol. The van der Waals surface area contributed by atoms with Gasteiger partial charge in [-0.2, -0.15) is 0 Å². The first-order valence-corrected chi connectivity index (χ1v) is 8.68. The number of ether oxygens (including phenoxy) is 1. The van der Waals surface area contributed by atoms with Gasteiger partial charge in [0.25, 0.3) is 0 Å². The Morgan fingerprint density at radius 2 is 2.12 bits per heavy atom. The lowest BCUT2D eigenvalue weighted by Crippen LogP contribution is -2.37. The molecule has 7 nitrogen and oxygen atoms in total. The molecule has 2 fully saturated rings.